The smallest absolute Gasteiger partial charge is 0.244 e. The van der Waals surface area contributed by atoms with Crippen LogP contribution < -0.4 is 10.2 Å². The van der Waals surface area contributed by atoms with Crippen LogP contribution in [0.3, 0.4) is 0 Å². The maximum atomic E-state index is 13.0. The number of hydrogen-bond acceptors (Lipinski definition) is 3. The fourth-order valence-electron chi connectivity index (χ4n) is 4.45. The summed E-state index contributed by atoms with van der Waals surface area (Å²) in [6, 6.07) is 8.24. The number of amides is 2. The Labute approximate surface area is 149 Å². The molecule has 0 bridgehead atoms. The van der Waals surface area contributed by atoms with Gasteiger partial charge in [0.15, 0.2) is 0 Å². The van der Waals surface area contributed by atoms with E-state index in [1.165, 1.54) is 5.56 Å². The molecular weight excluding hydrogens is 314 g/mol. The van der Waals surface area contributed by atoms with Gasteiger partial charge in [0.25, 0.3) is 0 Å². The monoisotopic (exact) mass is 341 g/mol. The summed E-state index contributed by atoms with van der Waals surface area (Å²) in [6.45, 7) is 3.38. The van der Waals surface area contributed by atoms with E-state index in [2.05, 4.69) is 23.5 Å². The number of carbonyl (C=O) groups excluding carboxylic acids is 2. The molecule has 25 heavy (non-hydrogen) atoms. The van der Waals surface area contributed by atoms with Gasteiger partial charge in [-0.1, -0.05) is 24.6 Å². The molecule has 0 aromatic heterocycles. The van der Waals surface area contributed by atoms with Crippen molar-refractivity contribution in [2.24, 2.45) is 0 Å². The molecule has 3 aliphatic heterocycles. The molecule has 0 unspecified atom stereocenters. The highest BCUT2D eigenvalue weighted by atomic mass is 16.2. The summed E-state index contributed by atoms with van der Waals surface area (Å²) in [6.07, 6.45) is 5.83. The summed E-state index contributed by atoms with van der Waals surface area (Å²) in [5, 5.41) is 3.38. The van der Waals surface area contributed by atoms with Crippen LogP contribution in [-0.2, 0) is 9.59 Å². The standard InChI is InChI=1S/C20H27N3O2/c24-19-9-5-12-22(19)13-10-15-14-23(18-8-2-1-6-16(15)18)20(25)17-7-3-4-11-21-17/h1-2,6,8,15,17,21H,3-5,7,9-14H2/t15-,17-/m1/s1. The highest BCUT2D eigenvalue weighted by molar-refractivity contribution is 5.99. The third-order valence-electron chi connectivity index (χ3n) is 5.86. The molecule has 5 nitrogen and oxygen atoms in total. The molecule has 0 aliphatic carbocycles. The molecule has 3 aliphatic rings. The van der Waals surface area contributed by atoms with Crippen molar-refractivity contribution in [2.45, 2.75) is 50.5 Å². The topological polar surface area (TPSA) is 52.7 Å². The molecule has 0 spiro atoms. The van der Waals surface area contributed by atoms with E-state index in [9.17, 15) is 9.59 Å². The number of para-hydroxylation sites is 1. The van der Waals surface area contributed by atoms with E-state index in [0.717, 1.165) is 64.0 Å². The molecule has 2 amide bonds. The summed E-state index contributed by atoms with van der Waals surface area (Å²) >= 11 is 0. The number of fused-ring (bicyclic) bond motifs is 1. The molecule has 1 aromatic carbocycles. The van der Waals surface area contributed by atoms with Gasteiger partial charge in [-0.05, 0) is 43.9 Å². The number of piperidine rings is 1. The molecule has 1 aromatic rings. The van der Waals surface area contributed by atoms with Crippen LogP contribution in [0.4, 0.5) is 5.69 Å². The fraction of sp³-hybridized carbons (Fsp3) is 0.600. The highest BCUT2D eigenvalue weighted by Crippen LogP contribution is 2.38. The quantitative estimate of drug-likeness (QED) is 0.914. The number of nitrogens with zero attached hydrogens (tertiary/aromatic N) is 2. The molecule has 134 valence electrons. The summed E-state index contributed by atoms with van der Waals surface area (Å²) in [4.78, 5) is 28.8. The third-order valence-corrected chi connectivity index (χ3v) is 5.86. The van der Waals surface area contributed by atoms with Crippen molar-refractivity contribution < 1.29 is 9.59 Å². The highest BCUT2D eigenvalue weighted by Gasteiger charge is 2.36. The molecular formula is C20H27N3O2. The summed E-state index contributed by atoms with van der Waals surface area (Å²) in [5.74, 6) is 0.828. The maximum Gasteiger partial charge on any atom is 0.244 e. The van der Waals surface area contributed by atoms with Gasteiger partial charge in [0.05, 0.1) is 6.04 Å². The number of rotatable bonds is 4. The number of carbonyl (C=O) groups is 2. The van der Waals surface area contributed by atoms with Gasteiger partial charge in [0.1, 0.15) is 0 Å². The van der Waals surface area contributed by atoms with Crippen LogP contribution >= 0.6 is 0 Å². The van der Waals surface area contributed by atoms with Crippen LogP contribution in [0.2, 0.25) is 0 Å². The zero-order valence-electron chi connectivity index (χ0n) is 14.7. The van der Waals surface area contributed by atoms with E-state index >= 15 is 0 Å². The van der Waals surface area contributed by atoms with Crippen molar-refractivity contribution in [3.8, 4) is 0 Å². The van der Waals surface area contributed by atoms with Gasteiger partial charge in [0.2, 0.25) is 11.8 Å². The molecule has 3 heterocycles. The minimum absolute atomic E-state index is 0.0410. The molecule has 4 rings (SSSR count). The summed E-state index contributed by atoms with van der Waals surface area (Å²) in [7, 11) is 0. The Bertz CT molecular complexity index is 654. The molecule has 0 saturated carbocycles. The van der Waals surface area contributed by atoms with Crippen molar-refractivity contribution in [1.29, 1.82) is 0 Å². The van der Waals surface area contributed by atoms with Gasteiger partial charge < -0.3 is 15.1 Å². The second-order valence-electron chi connectivity index (χ2n) is 7.48. The Balaban J connectivity index is 1.47. The molecule has 0 radical (unpaired) electrons. The van der Waals surface area contributed by atoms with Crippen molar-refractivity contribution in [2.75, 3.05) is 31.1 Å². The predicted molar refractivity (Wildman–Crippen MR) is 97.6 cm³/mol. The van der Waals surface area contributed by atoms with E-state index in [0.29, 0.717) is 12.3 Å². The largest absolute Gasteiger partial charge is 0.343 e. The Hall–Kier alpha value is -1.88. The molecule has 5 heteroatoms. The minimum Gasteiger partial charge on any atom is -0.343 e. The first-order valence-corrected chi connectivity index (χ1v) is 9.65. The molecule has 2 atom stereocenters. The van der Waals surface area contributed by atoms with Crippen LogP contribution in [0, 0.1) is 0 Å². The molecule has 2 saturated heterocycles. The van der Waals surface area contributed by atoms with Crippen LogP contribution in [0.15, 0.2) is 24.3 Å². The number of likely N-dealkylation sites (tertiary alicyclic amines) is 1. The van der Waals surface area contributed by atoms with Gasteiger partial charge in [-0.3, -0.25) is 9.59 Å². The Morgan fingerprint density at radius 2 is 2.08 bits per heavy atom. The van der Waals surface area contributed by atoms with E-state index in [4.69, 9.17) is 0 Å². The Morgan fingerprint density at radius 3 is 2.84 bits per heavy atom. The number of anilines is 1. The van der Waals surface area contributed by atoms with Crippen LogP contribution in [0.5, 0.6) is 0 Å². The van der Waals surface area contributed by atoms with E-state index < -0.39 is 0 Å². The SMILES string of the molecule is O=C1CCCN1CC[C@@H]1CN(C(=O)[C@H]2CCCCN2)c2ccccc21. The average Bonchev–Trinajstić information content (AvgIpc) is 3.23. The zero-order valence-corrected chi connectivity index (χ0v) is 14.7. The Kier molecular flexibility index (Phi) is 4.75. The first kappa shape index (κ1) is 16.6. The minimum atomic E-state index is -0.0410. The lowest BCUT2D eigenvalue weighted by Crippen LogP contribution is -2.48. The lowest BCUT2D eigenvalue weighted by Gasteiger charge is -2.28. The van der Waals surface area contributed by atoms with Gasteiger partial charge >= 0.3 is 0 Å². The number of hydrogen-bond donors (Lipinski definition) is 1. The van der Waals surface area contributed by atoms with E-state index in [1.54, 1.807) is 0 Å². The summed E-state index contributed by atoms with van der Waals surface area (Å²) < 4.78 is 0. The van der Waals surface area contributed by atoms with Gasteiger partial charge in [-0.15, -0.1) is 0 Å². The van der Waals surface area contributed by atoms with Crippen molar-refractivity contribution in [3.05, 3.63) is 29.8 Å². The summed E-state index contributed by atoms with van der Waals surface area (Å²) in [5.41, 5.74) is 2.33. The lowest BCUT2D eigenvalue weighted by atomic mass is 9.98. The Morgan fingerprint density at radius 1 is 1.20 bits per heavy atom. The average molecular weight is 341 g/mol. The second-order valence-corrected chi connectivity index (χ2v) is 7.48. The number of nitrogens with one attached hydrogen (secondary N) is 1. The normalized spacial score (nSPS) is 26.2. The first-order chi connectivity index (χ1) is 12.2. The van der Waals surface area contributed by atoms with Crippen LogP contribution in [0.1, 0.15) is 50.0 Å². The van der Waals surface area contributed by atoms with Gasteiger partial charge in [-0.2, -0.15) is 0 Å². The molecule has 2 fully saturated rings. The van der Waals surface area contributed by atoms with Gasteiger partial charge in [0, 0.05) is 37.7 Å². The second kappa shape index (κ2) is 7.16. The fourth-order valence-corrected chi connectivity index (χ4v) is 4.45. The van der Waals surface area contributed by atoms with Crippen molar-refractivity contribution in [3.63, 3.8) is 0 Å². The predicted octanol–water partition coefficient (Wildman–Crippen LogP) is 2.27. The van der Waals surface area contributed by atoms with Crippen LogP contribution in [0.25, 0.3) is 0 Å². The van der Waals surface area contributed by atoms with E-state index in [-0.39, 0.29) is 17.9 Å². The van der Waals surface area contributed by atoms with E-state index in [1.807, 2.05) is 15.9 Å². The van der Waals surface area contributed by atoms with Crippen molar-refractivity contribution >= 4 is 17.5 Å². The van der Waals surface area contributed by atoms with Crippen molar-refractivity contribution in [1.82, 2.24) is 10.2 Å². The first-order valence-electron chi connectivity index (χ1n) is 9.65. The maximum absolute atomic E-state index is 13.0. The van der Waals surface area contributed by atoms with Gasteiger partial charge in [-0.25, -0.2) is 0 Å². The third kappa shape index (κ3) is 3.30. The molecule has 1 N–H and O–H groups in total. The zero-order chi connectivity index (χ0) is 17.2. The number of benzene rings is 1. The lowest BCUT2D eigenvalue weighted by molar-refractivity contribution is -0.127. The van der Waals surface area contributed by atoms with Crippen LogP contribution in [-0.4, -0.2) is 48.9 Å².